The molecule has 6 nitrogen and oxygen atoms in total. The zero-order chi connectivity index (χ0) is 21.6. The third-order valence-electron chi connectivity index (χ3n) is 5.07. The maximum absolute atomic E-state index is 13.8. The Hall–Kier alpha value is -2.61. The van der Waals surface area contributed by atoms with Gasteiger partial charge in [-0.25, -0.2) is 12.8 Å². The number of hydrogen-bond donors (Lipinski definition) is 2. The molecule has 0 spiro atoms. The van der Waals surface area contributed by atoms with Crippen molar-refractivity contribution in [3.05, 3.63) is 59.9 Å². The Morgan fingerprint density at radius 1 is 1.20 bits per heavy atom. The molecule has 1 fully saturated rings. The fourth-order valence-electron chi connectivity index (χ4n) is 3.47. The second-order valence-corrected chi connectivity index (χ2v) is 9.50. The Morgan fingerprint density at radius 2 is 1.93 bits per heavy atom. The summed E-state index contributed by atoms with van der Waals surface area (Å²) in [5, 5.41) is 6.55. The normalized spacial score (nSPS) is 17.2. The third kappa shape index (κ3) is 5.72. The first-order chi connectivity index (χ1) is 14.4. The monoisotopic (exact) mass is 432 g/mol. The highest BCUT2D eigenvalue weighted by Crippen LogP contribution is 2.20. The van der Waals surface area contributed by atoms with Gasteiger partial charge in [-0.05, 0) is 44.5 Å². The predicted molar refractivity (Wildman–Crippen MR) is 119 cm³/mol. The highest BCUT2D eigenvalue weighted by molar-refractivity contribution is 7.91. The Kier molecular flexibility index (Phi) is 7.31. The first kappa shape index (κ1) is 22.1. The van der Waals surface area contributed by atoms with Gasteiger partial charge in [0.25, 0.3) is 0 Å². The van der Waals surface area contributed by atoms with E-state index in [4.69, 9.17) is 0 Å². The predicted octanol–water partition coefficient (Wildman–Crippen LogP) is 2.74. The molecule has 1 aliphatic rings. The van der Waals surface area contributed by atoms with Gasteiger partial charge in [0.1, 0.15) is 10.7 Å². The van der Waals surface area contributed by atoms with Crippen LogP contribution in [0.25, 0.3) is 0 Å². The van der Waals surface area contributed by atoms with Crippen molar-refractivity contribution < 1.29 is 12.8 Å². The highest BCUT2D eigenvalue weighted by atomic mass is 32.2. The van der Waals surface area contributed by atoms with Gasteiger partial charge in [-0.3, -0.25) is 4.99 Å². The van der Waals surface area contributed by atoms with E-state index in [0.29, 0.717) is 12.5 Å². The molecule has 2 N–H and O–H groups in total. The van der Waals surface area contributed by atoms with E-state index < -0.39 is 15.7 Å². The van der Waals surface area contributed by atoms with Crippen LogP contribution >= 0.6 is 0 Å². The molecule has 0 bridgehead atoms. The van der Waals surface area contributed by atoms with E-state index in [-0.39, 0.29) is 23.2 Å². The van der Waals surface area contributed by atoms with E-state index in [2.05, 4.69) is 51.7 Å². The molecule has 0 radical (unpaired) electrons. The summed E-state index contributed by atoms with van der Waals surface area (Å²) in [6, 6.07) is 14.1. The zero-order valence-corrected chi connectivity index (χ0v) is 18.3. The van der Waals surface area contributed by atoms with E-state index in [1.807, 2.05) is 6.92 Å². The number of sulfone groups is 1. The molecule has 1 atom stereocenters. The second-order valence-electron chi connectivity index (χ2n) is 7.42. The highest BCUT2D eigenvalue weighted by Gasteiger charge is 2.24. The summed E-state index contributed by atoms with van der Waals surface area (Å²) in [6.07, 6.45) is 0.964. The number of nitrogens with one attached hydrogen (secondary N) is 2. The molecular formula is C22H29FN4O2S. The van der Waals surface area contributed by atoms with E-state index in [9.17, 15) is 12.8 Å². The van der Waals surface area contributed by atoms with Crippen molar-refractivity contribution in [3.8, 4) is 0 Å². The molecule has 1 unspecified atom stereocenters. The van der Waals surface area contributed by atoms with Gasteiger partial charge in [-0.15, -0.1) is 0 Å². The minimum Gasteiger partial charge on any atom is -0.369 e. The molecule has 1 saturated heterocycles. The second kappa shape index (κ2) is 9.93. The third-order valence-corrected chi connectivity index (χ3v) is 6.80. The van der Waals surface area contributed by atoms with Crippen molar-refractivity contribution in [1.82, 2.24) is 10.6 Å². The fourth-order valence-corrected chi connectivity index (χ4v) is 4.67. The van der Waals surface area contributed by atoms with Crippen molar-refractivity contribution in [3.63, 3.8) is 0 Å². The molecule has 0 amide bonds. The quantitative estimate of drug-likeness (QED) is 0.520. The lowest BCUT2D eigenvalue weighted by Gasteiger charge is -2.20. The van der Waals surface area contributed by atoms with Gasteiger partial charge in [0.2, 0.25) is 0 Å². The van der Waals surface area contributed by atoms with Gasteiger partial charge < -0.3 is 15.5 Å². The maximum atomic E-state index is 13.8. The number of aliphatic imine (C=N–C) groups is 1. The van der Waals surface area contributed by atoms with E-state index in [1.165, 1.54) is 29.4 Å². The summed E-state index contributed by atoms with van der Waals surface area (Å²) in [5.41, 5.74) is 2.43. The standard InChI is InChI=1S/C22H29FN4O2S/c1-3-24-22(25-13-15-30(28,29)21-7-5-4-6-20(21)23)26-18-12-14-27(16-18)19-10-8-17(2)9-11-19/h4-11,18H,3,12-16H2,1-2H3,(H2,24,25,26). The molecule has 8 heteroatoms. The van der Waals surface area contributed by atoms with Crippen LogP contribution in [0, 0.1) is 12.7 Å². The first-order valence-corrected chi connectivity index (χ1v) is 11.9. The molecule has 30 heavy (non-hydrogen) atoms. The number of rotatable bonds is 7. The lowest BCUT2D eigenvalue weighted by atomic mass is 10.2. The number of aryl methyl sites for hydroxylation is 1. The average molecular weight is 433 g/mol. The van der Waals surface area contributed by atoms with Crippen LogP contribution in [0.2, 0.25) is 0 Å². The Morgan fingerprint density at radius 3 is 2.63 bits per heavy atom. The molecule has 1 heterocycles. The summed E-state index contributed by atoms with van der Waals surface area (Å²) in [4.78, 5) is 6.45. The van der Waals surface area contributed by atoms with E-state index >= 15 is 0 Å². The van der Waals surface area contributed by atoms with Crippen LogP contribution in [0.4, 0.5) is 10.1 Å². The van der Waals surface area contributed by atoms with Gasteiger partial charge in [-0.1, -0.05) is 29.8 Å². The van der Waals surface area contributed by atoms with Crippen LogP contribution in [0.15, 0.2) is 58.4 Å². The largest absolute Gasteiger partial charge is 0.369 e. The average Bonchev–Trinajstić information content (AvgIpc) is 3.17. The lowest BCUT2D eigenvalue weighted by molar-refractivity contribution is 0.567. The van der Waals surface area contributed by atoms with Crippen LogP contribution < -0.4 is 15.5 Å². The smallest absolute Gasteiger partial charge is 0.191 e. The van der Waals surface area contributed by atoms with Gasteiger partial charge in [0.15, 0.2) is 15.8 Å². The van der Waals surface area contributed by atoms with E-state index in [0.717, 1.165) is 25.6 Å². The van der Waals surface area contributed by atoms with Crippen molar-refractivity contribution in [2.45, 2.75) is 31.2 Å². The van der Waals surface area contributed by atoms with Gasteiger partial charge in [0, 0.05) is 31.4 Å². The van der Waals surface area contributed by atoms with Crippen molar-refractivity contribution in [2.75, 3.05) is 36.8 Å². The van der Waals surface area contributed by atoms with Gasteiger partial charge in [0.05, 0.1) is 12.3 Å². The number of hydrogen-bond acceptors (Lipinski definition) is 4. The van der Waals surface area contributed by atoms with E-state index in [1.54, 1.807) is 0 Å². The Labute approximate surface area is 178 Å². The van der Waals surface area contributed by atoms with Gasteiger partial charge in [-0.2, -0.15) is 0 Å². The minimum absolute atomic E-state index is 0.0559. The fraction of sp³-hybridized carbons (Fsp3) is 0.409. The molecule has 0 saturated carbocycles. The summed E-state index contributed by atoms with van der Waals surface area (Å²) in [7, 11) is -3.72. The van der Waals surface area contributed by atoms with Crippen LogP contribution in [0.1, 0.15) is 18.9 Å². The van der Waals surface area contributed by atoms with Crippen LogP contribution in [-0.2, 0) is 9.84 Å². The molecule has 0 aliphatic carbocycles. The van der Waals surface area contributed by atoms with Crippen LogP contribution in [-0.4, -0.2) is 52.4 Å². The Bertz CT molecular complexity index is 977. The van der Waals surface area contributed by atoms with Gasteiger partial charge >= 0.3 is 0 Å². The van der Waals surface area contributed by atoms with Crippen LogP contribution in [0.5, 0.6) is 0 Å². The maximum Gasteiger partial charge on any atom is 0.191 e. The number of anilines is 1. The van der Waals surface area contributed by atoms with Crippen molar-refractivity contribution in [1.29, 1.82) is 0 Å². The SMILES string of the molecule is CCNC(=NCCS(=O)(=O)c1ccccc1F)NC1CCN(c2ccc(C)cc2)C1. The number of guanidine groups is 1. The number of halogens is 1. The summed E-state index contributed by atoms with van der Waals surface area (Å²) < 4.78 is 38.6. The zero-order valence-electron chi connectivity index (χ0n) is 17.4. The summed E-state index contributed by atoms with van der Waals surface area (Å²) in [5.74, 6) is -0.393. The minimum atomic E-state index is -3.72. The topological polar surface area (TPSA) is 73.8 Å². The molecule has 0 aromatic heterocycles. The Balaban J connectivity index is 1.58. The molecular weight excluding hydrogens is 403 g/mol. The van der Waals surface area contributed by atoms with Crippen molar-refractivity contribution in [2.24, 2.45) is 4.99 Å². The lowest BCUT2D eigenvalue weighted by Crippen LogP contribution is -2.44. The summed E-state index contributed by atoms with van der Waals surface area (Å²) >= 11 is 0. The first-order valence-electron chi connectivity index (χ1n) is 10.2. The molecule has 2 aromatic carbocycles. The summed E-state index contributed by atoms with van der Waals surface area (Å²) in [6.45, 7) is 6.55. The van der Waals surface area contributed by atoms with Crippen molar-refractivity contribution >= 4 is 21.5 Å². The number of benzene rings is 2. The molecule has 162 valence electrons. The number of nitrogens with zero attached hydrogens (tertiary/aromatic N) is 2. The molecule has 3 rings (SSSR count). The molecule has 2 aromatic rings. The van der Waals surface area contributed by atoms with Crippen LogP contribution in [0.3, 0.4) is 0 Å². The molecule has 1 aliphatic heterocycles.